The van der Waals surface area contributed by atoms with E-state index in [1.165, 1.54) is 6.92 Å². The Labute approximate surface area is 187 Å². The molecule has 0 aliphatic rings. The normalized spacial score (nSPS) is 12.1. The summed E-state index contributed by atoms with van der Waals surface area (Å²) in [6, 6.07) is 19.9. The number of para-hydroxylation sites is 1. The van der Waals surface area contributed by atoms with Crippen LogP contribution in [0.1, 0.15) is 12.5 Å². The minimum Gasteiger partial charge on any atom is -0.457 e. The molecule has 0 saturated heterocycles. The third-order valence-electron chi connectivity index (χ3n) is 4.60. The fourth-order valence-electron chi connectivity index (χ4n) is 3.01. The Hall–Kier alpha value is -3.03. The molecule has 6 nitrogen and oxygen atoms in total. The van der Waals surface area contributed by atoms with Gasteiger partial charge in [0.2, 0.25) is 15.9 Å². The maximum Gasteiger partial charge on any atom is 0.247 e. The number of halogens is 1. The zero-order valence-electron chi connectivity index (χ0n) is 17.4. The number of sulfonamides is 1. The Bertz CT molecular complexity index is 1170. The summed E-state index contributed by atoms with van der Waals surface area (Å²) in [6.45, 7) is 3.38. The molecule has 162 valence electrons. The number of hydrogen-bond acceptors (Lipinski definition) is 4. The van der Waals surface area contributed by atoms with E-state index >= 15 is 0 Å². The average molecular weight is 459 g/mol. The zero-order chi connectivity index (χ0) is 22.6. The molecule has 3 rings (SSSR count). The average Bonchev–Trinajstić information content (AvgIpc) is 2.72. The summed E-state index contributed by atoms with van der Waals surface area (Å²) in [5.41, 5.74) is 1.73. The lowest BCUT2D eigenvalue weighted by Gasteiger charge is -2.28. The lowest BCUT2D eigenvalue weighted by molar-refractivity contribution is -0.116. The molecule has 0 bridgehead atoms. The summed E-state index contributed by atoms with van der Waals surface area (Å²) in [4.78, 5) is 12.8. The van der Waals surface area contributed by atoms with Crippen LogP contribution >= 0.6 is 11.6 Å². The van der Waals surface area contributed by atoms with Crippen LogP contribution < -0.4 is 14.4 Å². The van der Waals surface area contributed by atoms with Crippen molar-refractivity contribution in [1.29, 1.82) is 0 Å². The molecular weight excluding hydrogens is 436 g/mol. The quantitative estimate of drug-likeness (QED) is 0.525. The summed E-state index contributed by atoms with van der Waals surface area (Å²) >= 11 is 6.11. The lowest BCUT2D eigenvalue weighted by atomic mass is 10.2. The number of anilines is 2. The van der Waals surface area contributed by atoms with E-state index in [4.69, 9.17) is 16.3 Å². The zero-order valence-corrected chi connectivity index (χ0v) is 18.9. The maximum absolute atomic E-state index is 12.8. The minimum atomic E-state index is -3.74. The van der Waals surface area contributed by atoms with Gasteiger partial charge in [-0.3, -0.25) is 9.10 Å². The van der Waals surface area contributed by atoms with Crippen molar-refractivity contribution in [2.24, 2.45) is 0 Å². The first-order chi connectivity index (χ1) is 14.6. The van der Waals surface area contributed by atoms with E-state index in [0.29, 0.717) is 27.9 Å². The lowest BCUT2D eigenvalue weighted by Crippen LogP contribution is -2.45. The molecule has 0 spiro atoms. The Morgan fingerprint density at radius 1 is 1.00 bits per heavy atom. The maximum atomic E-state index is 12.8. The largest absolute Gasteiger partial charge is 0.457 e. The molecule has 0 radical (unpaired) electrons. The van der Waals surface area contributed by atoms with Gasteiger partial charge in [0.25, 0.3) is 0 Å². The minimum absolute atomic E-state index is 0.354. The highest BCUT2D eigenvalue weighted by atomic mass is 35.5. The van der Waals surface area contributed by atoms with Crippen molar-refractivity contribution in [2.45, 2.75) is 19.9 Å². The number of aryl methyl sites for hydroxylation is 1. The van der Waals surface area contributed by atoms with Gasteiger partial charge in [-0.1, -0.05) is 35.9 Å². The van der Waals surface area contributed by atoms with Gasteiger partial charge in [0.1, 0.15) is 17.5 Å². The second kappa shape index (κ2) is 9.41. The van der Waals surface area contributed by atoms with E-state index in [-0.39, 0.29) is 0 Å². The highest BCUT2D eigenvalue weighted by Gasteiger charge is 2.29. The fraction of sp³-hybridized carbons (Fsp3) is 0.174. The van der Waals surface area contributed by atoms with E-state index < -0.39 is 22.0 Å². The second-order valence-corrected chi connectivity index (χ2v) is 9.36. The predicted molar refractivity (Wildman–Crippen MR) is 125 cm³/mol. The molecule has 31 heavy (non-hydrogen) atoms. The van der Waals surface area contributed by atoms with Gasteiger partial charge in [-0.15, -0.1) is 0 Å². The van der Waals surface area contributed by atoms with Crippen LogP contribution in [-0.4, -0.2) is 26.6 Å². The number of benzene rings is 3. The summed E-state index contributed by atoms with van der Waals surface area (Å²) < 4.78 is 31.8. The van der Waals surface area contributed by atoms with Crippen LogP contribution in [0.5, 0.6) is 11.5 Å². The van der Waals surface area contributed by atoms with Crippen molar-refractivity contribution in [3.05, 3.63) is 83.4 Å². The SMILES string of the molecule is Cc1ccc(NC(=O)[C@@H](C)N(c2ccc(Oc3ccccc3)cc2)S(C)(=O)=O)cc1Cl. The van der Waals surface area contributed by atoms with Gasteiger partial charge in [0.15, 0.2) is 0 Å². The molecule has 1 atom stereocenters. The third-order valence-corrected chi connectivity index (χ3v) is 6.25. The smallest absolute Gasteiger partial charge is 0.247 e. The molecule has 1 amide bonds. The number of hydrogen-bond donors (Lipinski definition) is 1. The first-order valence-corrected chi connectivity index (χ1v) is 11.8. The Balaban J connectivity index is 1.80. The monoisotopic (exact) mass is 458 g/mol. The molecule has 1 N–H and O–H groups in total. The van der Waals surface area contributed by atoms with Crippen LogP contribution in [-0.2, 0) is 14.8 Å². The number of rotatable bonds is 7. The van der Waals surface area contributed by atoms with Crippen LogP contribution in [0.15, 0.2) is 72.8 Å². The standard InChI is InChI=1S/C23H23ClN2O4S/c1-16-9-10-18(15-22(16)24)25-23(27)17(2)26(31(3,28)29)19-11-13-21(14-12-19)30-20-7-5-4-6-8-20/h4-15,17H,1-3H3,(H,25,27)/t17-/m1/s1. The summed E-state index contributed by atoms with van der Waals surface area (Å²) in [6.07, 6.45) is 1.06. The van der Waals surface area contributed by atoms with Gasteiger partial charge < -0.3 is 10.1 Å². The highest BCUT2D eigenvalue weighted by Crippen LogP contribution is 2.27. The molecule has 3 aromatic rings. The van der Waals surface area contributed by atoms with Crippen molar-refractivity contribution in [2.75, 3.05) is 15.9 Å². The Morgan fingerprint density at radius 3 is 2.19 bits per heavy atom. The molecule has 0 unspecified atom stereocenters. The van der Waals surface area contributed by atoms with Crippen LogP contribution in [0.4, 0.5) is 11.4 Å². The van der Waals surface area contributed by atoms with Crippen LogP contribution in [0.25, 0.3) is 0 Å². The summed E-state index contributed by atoms with van der Waals surface area (Å²) in [5, 5.41) is 3.24. The third kappa shape index (κ3) is 5.77. The number of ether oxygens (including phenoxy) is 1. The first kappa shape index (κ1) is 22.7. The molecule has 0 saturated carbocycles. The number of carbonyl (C=O) groups excluding carboxylic acids is 1. The van der Waals surface area contributed by atoms with Crippen molar-refractivity contribution in [1.82, 2.24) is 0 Å². The first-order valence-electron chi connectivity index (χ1n) is 9.54. The predicted octanol–water partition coefficient (Wildman–Crippen LogP) is 5.23. The second-order valence-electron chi connectivity index (χ2n) is 7.10. The fourth-order valence-corrected chi connectivity index (χ4v) is 4.37. The highest BCUT2D eigenvalue weighted by molar-refractivity contribution is 7.92. The van der Waals surface area contributed by atoms with Gasteiger partial charge in [0.05, 0.1) is 11.9 Å². The summed E-state index contributed by atoms with van der Waals surface area (Å²) in [7, 11) is -3.74. The number of carbonyl (C=O) groups is 1. The molecule has 0 heterocycles. The molecule has 0 aliphatic carbocycles. The van der Waals surface area contributed by atoms with Crippen LogP contribution in [0.2, 0.25) is 5.02 Å². The number of amides is 1. The molecule has 0 fully saturated rings. The van der Waals surface area contributed by atoms with Crippen LogP contribution in [0, 0.1) is 6.92 Å². The van der Waals surface area contributed by atoms with Gasteiger partial charge in [-0.2, -0.15) is 0 Å². The van der Waals surface area contributed by atoms with E-state index in [1.54, 1.807) is 42.5 Å². The van der Waals surface area contributed by atoms with Gasteiger partial charge in [0, 0.05) is 10.7 Å². The Morgan fingerprint density at radius 2 is 1.61 bits per heavy atom. The topological polar surface area (TPSA) is 75.7 Å². The number of nitrogens with zero attached hydrogens (tertiary/aromatic N) is 1. The van der Waals surface area contributed by atoms with E-state index in [2.05, 4.69) is 5.32 Å². The van der Waals surface area contributed by atoms with Gasteiger partial charge >= 0.3 is 0 Å². The van der Waals surface area contributed by atoms with Crippen molar-refractivity contribution < 1.29 is 17.9 Å². The molecule has 8 heteroatoms. The van der Waals surface area contributed by atoms with Crippen molar-refractivity contribution >= 4 is 38.9 Å². The van der Waals surface area contributed by atoms with Crippen molar-refractivity contribution in [3.8, 4) is 11.5 Å². The van der Waals surface area contributed by atoms with E-state index in [0.717, 1.165) is 16.1 Å². The van der Waals surface area contributed by atoms with Crippen LogP contribution in [0.3, 0.4) is 0 Å². The van der Waals surface area contributed by atoms with Crippen molar-refractivity contribution in [3.63, 3.8) is 0 Å². The molecule has 0 aliphatic heterocycles. The van der Waals surface area contributed by atoms with E-state index in [9.17, 15) is 13.2 Å². The van der Waals surface area contributed by atoms with E-state index in [1.807, 2.05) is 37.3 Å². The Kier molecular flexibility index (Phi) is 6.87. The number of nitrogens with one attached hydrogen (secondary N) is 1. The molecular formula is C23H23ClN2O4S. The molecule has 0 aromatic heterocycles. The van der Waals surface area contributed by atoms with Gasteiger partial charge in [-0.25, -0.2) is 8.42 Å². The van der Waals surface area contributed by atoms with Gasteiger partial charge in [-0.05, 0) is 67.9 Å². The molecule has 3 aromatic carbocycles. The summed E-state index contributed by atoms with van der Waals surface area (Å²) in [5.74, 6) is 0.740.